The van der Waals surface area contributed by atoms with E-state index in [1.807, 2.05) is 18.2 Å². The number of fused-ring (bicyclic) bond motifs is 1. The molecule has 26 heavy (non-hydrogen) atoms. The molecule has 3 rings (SSSR count). The average molecular weight is 480 g/mol. The number of H-pyrrole nitrogens is 1. The van der Waals surface area contributed by atoms with E-state index >= 15 is 0 Å². The first-order valence-corrected chi connectivity index (χ1v) is 9.94. The fourth-order valence-electron chi connectivity index (χ4n) is 2.75. The third-order valence-electron chi connectivity index (χ3n) is 4.43. The molecule has 1 heterocycles. The number of carbonyl (C=O) groups excluding carboxylic acids is 1. The first-order valence-electron chi connectivity index (χ1n) is 8.36. The lowest BCUT2D eigenvalue weighted by Gasteiger charge is -2.07. The van der Waals surface area contributed by atoms with E-state index < -0.39 is 0 Å². The zero-order valence-corrected chi connectivity index (χ0v) is 17.8. The van der Waals surface area contributed by atoms with Crippen LogP contribution in [0.15, 0.2) is 33.2 Å². The fourth-order valence-corrected chi connectivity index (χ4v) is 3.84. The molecule has 0 aliphatic rings. The van der Waals surface area contributed by atoms with Gasteiger partial charge < -0.3 is 16.0 Å². The minimum absolute atomic E-state index is 0.106. The van der Waals surface area contributed by atoms with Gasteiger partial charge in [0.25, 0.3) is 5.91 Å². The van der Waals surface area contributed by atoms with Crippen LogP contribution in [0.2, 0.25) is 0 Å². The van der Waals surface area contributed by atoms with Gasteiger partial charge >= 0.3 is 0 Å². The molecule has 0 radical (unpaired) electrons. The molecule has 0 aliphatic heterocycles. The van der Waals surface area contributed by atoms with E-state index in [1.54, 1.807) is 6.07 Å². The van der Waals surface area contributed by atoms with Crippen LogP contribution in [0.4, 0.5) is 0 Å². The summed E-state index contributed by atoms with van der Waals surface area (Å²) in [6, 6.07) is 7.56. The standard InChI is InChI=1S/C19H20Br2N4O/c1-10-11(2)17-16(9-14(10)20)24-18(25-17)13-5-4-12(8-15(13)21)19(26)23-7-3-6-22/h4-5,8-9H,3,6-7,22H2,1-2H3,(H,23,26)(H,24,25). The lowest BCUT2D eigenvalue weighted by molar-refractivity contribution is 0.0953. The van der Waals surface area contributed by atoms with Gasteiger partial charge in [-0.3, -0.25) is 4.79 Å². The monoisotopic (exact) mass is 478 g/mol. The van der Waals surface area contributed by atoms with Crippen molar-refractivity contribution in [2.75, 3.05) is 13.1 Å². The average Bonchev–Trinajstić information content (AvgIpc) is 3.03. The molecule has 0 atom stereocenters. The number of amides is 1. The first kappa shape index (κ1) is 19.1. The quantitative estimate of drug-likeness (QED) is 0.472. The number of carbonyl (C=O) groups is 1. The first-order chi connectivity index (χ1) is 12.4. The molecule has 0 spiro atoms. The molecule has 136 valence electrons. The van der Waals surface area contributed by atoms with Crippen molar-refractivity contribution in [1.29, 1.82) is 0 Å². The number of aryl methyl sites for hydroxylation is 1. The Morgan fingerprint density at radius 1 is 1.19 bits per heavy atom. The number of aromatic amines is 1. The number of nitrogens with two attached hydrogens (primary N) is 1. The molecule has 2 aromatic carbocycles. The number of hydrogen-bond donors (Lipinski definition) is 3. The van der Waals surface area contributed by atoms with Crippen LogP contribution in [0.25, 0.3) is 22.4 Å². The van der Waals surface area contributed by atoms with Crippen molar-refractivity contribution >= 4 is 48.8 Å². The molecule has 3 aromatic rings. The molecule has 4 N–H and O–H groups in total. The number of nitrogens with zero attached hydrogens (tertiary/aromatic N) is 1. The van der Waals surface area contributed by atoms with Crippen LogP contribution >= 0.6 is 31.9 Å². The summed E-state index contributed by atoms with van der Waals surface area (Å²) in [7, 11) is 0. The predicted molar refractivity (Wildman–Crippen MR) is 112 cm³/mol. The third kappa shape index (κ3) is 3.70. The molecular weight excluding hydrogens is 460 g/mol. The van der Waals surface area contributed by atoms with Crippen LogP contribution in [0.5, 0.6) is 0 Å². The van der Waals surface area contributed by atoms with Crippen LogP contribution in [0, 0.1) is 13.8 Å². The number of nitrogens with one attached hydrogen (secondary N) is 2. The van der Waals surface area contributed by atoms with E-state index in [9.17, 15) is 4.79 Å². The maximum absolute atomic E-state index is 12.2. The summed E-state index contributed by atoms with van der Waals surface area (Å²) in [4.78, 5) is 20.3. The normalized spacial score (nSPS) is 11.1. The van der Waals surface area contributed by atoms with Crippen molar-refractivity contribution < 1.29 is 4.79 Å². The Balaban J connectivity index is 1.94. The minimum Gasteiger partial charge on any atom is -0.352 e. The Hall–Kier alpha value is -1.70. The van der Waals surface area contributed by atoms with Gasteiger partial charge in [0.05, 0.1) is 11.0 Å². The second-order valence-electron chi connectivity index (χ2n) is 6.18. The number of imidazole rings is 1. The zero-order valence-electron chi connectivity index (χ0n) is 14.6. The summed E-state index contributed by atoms with van der Waals surface area (Å²) in [5.74, 6) is 0.660. The van der Waals surface area contributed by atoms with E-state index in [-0.39, 0.29) is 5.91 Å². The molecule has 5 nitrogen and oxygen atoms in total. The van der Waals surface area contributed by atoms with Gasteiger partial charge in [-0.25, -0.2) is 4.98 Å². The second-order valence-corrected chi connectivity index (χ2v) is 7.89. The van der Waals surface area contributed by atoms with E-state index in [1.165, 1.54) is 5.56 Å². The number of aromatic nitrogens is 2. The van der Waals surface area contributed by atoms with E-state index in [0.717, 1.165) is 43.4 Å². The summed E-state index contributed by atoms with van der Waals surface area (Å²) in [5.41, 5.74) is 11.2. The van der Waals surface area contributed by atoms with Crippen molar-refractivity contribution in [3.8, 4) is 11.4 Å². The lowest BCUT2D eigenvalue weighted by Crippen LogP contribution is -2.25. The summed E-state index contributed by atoms with van der Waals surface area (Å²) in [6.45, 7) is 5.27. The number of halogens is 2. The number of hydrogen-bond acceptors (Lipinski definition) is 3. The molecule has 0 fully saturated rings. The highest BCUT2D eigenvalue weighted by Gasteiger charge is 2.14. The molecule has 1 amide bonds. The Bertz CT molecular complexity index is 981. The Kier molecular flexibility index (Phi) is 5.79. The highest BCUT2D eigenvalue weighted by molar-refractivity contribution is 9.10. The maximum Gasteiger partial charge on any atom is 0.251 e. The highest BCUT2D eigenvalue weighted by atomic mass is 79.9. The van der Waals surface area contributed by atoms with Crippen molar-refractivity contribution in [1.82, 2.24) is 15.3 Å². The molecule has 0 aliphatic carbocycles. The Morgan fingerprint density at radius 3 is 2.65 bits per heavy atom. The molecule has 0 bridgehead atoms. The topological polar surface area (TPSA) is 83.8 Å². The van der Waals surface area contributed by atoms with Crippen molar-refractivity contribution in [2.24, 2.45) is 5.73 Å². The molecule has 0 saturated heterocycles. The van der Waals surface area contributed by atoms with Crippen LogP contribution in [0.3, 0.4) is 0 Å². The van der Waals surface area contributed by atoms with Crippen molar-refractivity contribution in [3.63, 3.8) is 0 Å². The third-order valence-corrected chi connectivity index (χ3v) is 5.91. The van der Waals surface area contributed by atoms with Gasteiger partial charge in [0.15, 0.2) is 0 Å². The van der Waals surface area contributed by atoms with Gasteiger partial charge in [-0.2, -0.15) is 0 Å². The lowest BCUT2D eigenvalue weighted by atomic mass is 10.1. The van der Waals surface area contributed by atoms with Crippen LogP contribution in [-0.4, -0.2) is 29.0 Å². The molecule has 1 aromatic heterocycles. The fraction of sp³-hybridized carbons (Fsp3) is 0.263. The molecule has 0 saturated carbocycles. The van der Waals surface area contributed by atoms with Gasteiger partial charge in [-0.1, -0.05) is 31.9 Å². The van der Waals surface area contributed by atoms with Crippen molar-refractivity contribution in [2.45, 2.75) is 20.3 Å². The van der Waals surface area contributed by atoms with Gasteiger partial charge in [-0.15, -0.1) is 0 Å². The summed E-state index contributed by atoms with van der Waals surface area (Å²) < 4.78 is 1.87. The summed E-state index contributed by atoms with van der Waals surface area (Å²) in [5, 5.41) is 2.86. The van der Waals surface area contributed by atoms with Crippen molar-refractivity contribution in [3.05, 3.63) is 49.9 Å². The van der Waals surface area contributed by atoms with Gasteiger partial charge in [0, 0.05) is 26.6 Å². The Labute approximate surface area is 169 Å². The smallest absolute Gasteiger partial charge is 0.251 e. The largest absolute Gasteiger partial charge is 0.352 e. The summed E-state index contributed by atoms with van der Waals surface area (Å²) >= 11 is 7.16. The summed E-state index contributed by atoms with van der Waals surface area (Å²) in [6.07, 6.45) is 0.762. The van der Waals surface area contributed by atoms with E-state index in [0.29, 0.717) is 18.7 Å². The van der Waals surface area contributed by atoms with Crippen LogP contribution in [0.1, 0.15) is 27.9 Å². The van der Waals surface area contributed by atoms with Crippen LogP contribution in [-0.2, 0) is 0 Å². The maximum atomic E-state index is 12.2. The van der Waals surface area contributed by atoms with Crippen LogP contribution < -0.4 is 11.1 Å². The zero-order chi connectivity index (χ0) is 18.8. The van der Waals surface area contributed by atoms with E-state index in [4.69, 9.17) is 10.7 Å². The van der Waals surface area contributed by atoms with Gasteiger partial charge in [0.2, 0.25) is 0 Å². The number of rotatable bonds is 5. The predicted octanol–water partition coefficient (Wildman–Crippen LogP) is 4.45. The highest BCUT2D eigenvalue weighted by Crippen LogP contribution is 2.32. The Morgan fingerprint density at radius 2 is 1.96 bits per heavy atom. The molecular formula is C19H20Br2N4O. The van der Waals surface area contributed by atoms with Gasteiger partial charge in [0.1, 0.15) is 5.82 Å². The second kappa shape index (κ2) is 7.90. The SMILES string of the molecule is Cc1c(Br)cc2[nH]c(-c3ccc(C(=O)NCCCN)cc3Br)nc2c1C. The molecule has 0 unspecified atom stereocenters. The van der Waals surface area contributed by atoms with E-state index in [2.05, 4.69) is 56.0 Å². The number of benzene rings is 2. The molecule has 7 heteroatoms. The minimum atomic E-state index is -0.106. The van der Waals surface area contributed by atoms with Gasteiger partial charge in [-0.05, 0) is 62.2 Å².